The van der Waals surface area contributed by atoms with E-state index in [0.29, 0.717) is 22.3 Å². The van der Waals surface area contributed by atoms with Crippen LogP contribution < -0.4 is 5.73 Å². The Hall–Kier alpha value is -1.52. The molecule has 19 heavy (non-hydrogen) atoms. The van der Waals surface area contributed by atoms with Crippen molar-refractivity contribution in [3.63, 3.8) is 0 Å². The van der Waals surface area contributed by atoms with E-state index in [1.807, 2.05) is 13.0 Å². The Morgan fingerprint density at radius 2 is 2.05 bits per heavy atom. The molecule has 0 radical (unpaired) electrons. The molecule has 0 amide bonds. The number of aromatic nitrogens is 2. The molecule has 0 aliphatic carbocycles. The molecule has 2 aromatic rings. The molecule has 2 rings (SSSR count). The van der Waals surface area contributed by atoms with Crippen molar-refractivity contribution in [3.05, 3.63) is 33.9 Å². The summed E-state index contributed by atoms with van der Waals surface area (Å²) in [7, 11) is 0. The van der Waals surface area contributed by atoms with E-state index in [1.165, 1.54) is 11.6 Å². The summed E-state index contributed by atoms with van der Waals surface area (Å²) in [6, 6.07) is 5.23. The van der Waals surface area contributed by atoms with Crippen LogP contribution in [0.4, 0.5) is 5.82 Å². The third kappa shape index (κ3) is 2.46. The first kappa shape index (κ1) is 13.9. The summed E-state index contributed by atoms with van der Waals surface area (Å²) in [5.41, 5.74) is 8.29. The van der Waals surface area contributed by atoms with Crippen molar-refractivity contribution >= 4 is 34.9 Å². The zero-order chi connectivity index (χ0) is 14.2. The van der Waals surface area contributed by atoms with Crippen LogP contribution in [0.15, 0.2) is 18.2 Å². The van der Waals surface area contributed by atoms with Gasteiger partial charge in [0, 0.05) is 12.5 Å². The van der Waals surface area contributed by atoms with E-state index < -0.39 is 0 Å². The van der Waals surface area contributed by atoms with Crippen molar-refractivity contribution in [1.29, 1.82) is 0 Å². The van der Waals surface area contributed by atoms with Crippen LogP contribution in [0.3, 0.4) is 0 Å². The summed E-state index contributed by atoms with van der Waals surface area (Å²) < 4.78 is 1.21. The fraction of sp³-hybridized carbons (Fsp3) is 0.231. The number of benzene rings is 1. The fourth-order valence-electron chi connectivity index (χ4n) is 1.93. The molecule has 0 saturated heterocycles. The second kappa shape index (κ2) is 5.23. The third-order valence-corrected chi connectivity index (χ3v) is 3.57. The van der Waals surface area contributed by atoms with E-state index in [2.05, 4.69) is 5.10 Å². The quantitative estimate of drug-likeness (QED) is 0.920. The average Bonchev–Trinajstić information content (AvgIpc) is 2.70. The predicted octanol–water partition coefficient (Wildman–Crippen LogP) is 3.66. The number of aryl methyl sites for hydroxylation is 1. The number of nitrogen functional groups attached to an aromatic ring is 1. The molecule has 0 bridgehead atoms. The first-order valence-electron chi connectivity index (χ1n) is 5.79. The molecule has 0 fully saturated rings. The van der Waals surface area contributed by atoms with Crippen LogP contribution >= 0.6 is 23.2 Å². The highest BCUT2D eigenvalue weighted by atomic mass is 35.5. The molecular weight excluding hydrogens is 285 g/mol. The topological polar surface area (TPSA) is 60.9 Å². The first-order valence-corrected chi connectivity index (χ1v) is 6.55. The van der Waals surface area contributed by atoms with Crippen molar-refractivity contribution in [1.82, 2.24) is 9.78 Å². The normalized spacial score (nSPS) is 10.7. The number of halogens is 2. The van der Waals surface area contributed by atoms with Gasteiger partial charge in [-0.15, -0.1) is 0 Å². The summed E-state index contributed by atoms with van der Waals surface area (Å²) >= 11 is 11.9. The van der Waals surface area contributed by atoms with E-state index in [9.17, 15) is 4.79 Å². The molecule has 6 heteroatoms. The van der Waals surface area contributed by atoms with Gasteiger partial charge in [0.2, 0.25) is 5.91 Å². The lowest BCUT2D eigenvalue weighted by Gasteiger charge is -2.05. The molecule has 0 atom stereocenters. The number of rotatable bonds is 2. The van der Waals surface area contributed by atoms with Gasteiger partial charge in [-0.25, -0.2) is 0 Å². The van der Waals surface area contributed by atoms with Gasteiger partial charge in [-0.05, 0) is 24.1 Å². The van der Waals surface area contributed by atoms with E-state index in [-0.39, 0.29) is 5.91 Å². The van der Waals surface area contributed by atoms with Crippen molar-refractivity contribution in [2.75, 3.05) is 5.73 Å². The van der Waals surface area contributed by atoms with E-state index >= 15 is 0 Å². The lowest BCUT2D eigenvalue weighted by molar-refractivity contribution is 0.0923. The third-order valence-electron chi connectivity index (χ3n) is 2.84. The molecule has 0 unspecified atom stereocenters. The van der Waals surface area contributed by atoms with Gasteiger partial charge in [-0.1, -0.05) is 36.2 Å². The Balaban J connectivity index is 2.66. The number of carbonyl (C=O) groups excluding carboxylic acids is 1. The SMILES string of the molecule is CCc1nn(C(C)=O)c(N)c1-c1ccc(Cl)c(Cl)c1. The number of nitrogens with two attached hydrogens (primary N) is 1. The van der Waals surface area contributed by atoms with Crippen LogP contribution in [-0.2, 0) is 6.42 Å². The van der Waals surface area contributed by atoms with Gasteiger partial charge >= 0.3 is 0 Å². The number of carbonyl (C=O) groups is 1. The molecular formula is C13H13Cl2N3O. The highest BCUT2D eigenvalue weighted by Gasteiger charge is 2.18. The van der Waals surface area contributed by atoms with Crippen molar-refractivity contribution in [2.24, 2.45) is 0 Å². The van der Waals surface area contributed by atoms with Crippen LogP contribution in [-0.4, -0.2) is 15.7 Å². The highest BCUT2D eigenvalue weighted by molar-refractivity contribution is 6.42. The van der Waals surface area contributed by atoms with Gasteiger partial charge in [0.05, 0.1) is 15.7 Å². The first-order chi connectivity index (χ1) is 8.95. The second-order valence-corrected chi connectivity index (χ2v) is 4.93. The van der Waals surface area contributed by atoms with E-state index in [0.717, 1.165) is 16.8 Å². The lowest BCUT2D eigenvalue weighted by Crippen LogP contribution is -2.11. The second-order valence-electron chi connectivity index (χ2n) is 4.12. The lowest BCUT2D eigenvalue weighted by atomic mass is 10.0. The average molecular weight is 298 g/mol. The molecule has 0 spiro atoms. The Kier molecular flexibility index (Phi) is 3.83. The standard InChI is InChI=1S/C13H13Cl2N3O/c1-3-11-12(13(16)18(17-11)7(2)19)8-4-5-9(14)10(15)6-8/h4-6H,3,16H2,1-2H3. The number of nitrogens with zero attached hydrogens (tertiary/aromatic N) is 2. The fourth-order valence-corrected chi connectivity index (χ4v) is 2.23. The number of anilines is 1. The maximum atomic E-state index is 11.5. The van der Waals surface area contributed by atoms with Gasteiger partial charge < -0.3 is 5.73 Å². The monoisotopic (exact) mass is 297 g/mol. The minimum absolute atomic E-state index is 0.224. The van der Waals surface area contributed by atoms with E-state index in [1.54, 1.807) is 12.1 Å². The molecule has 0 saturated carbocycles. The maximum absolute atomic E-state index is 11.5. The largest absolute Gasteiger partial charge is 0.383 e. The Morgan fingerprint density at radius 3 is 2.58 bits per heavy atom. The minimum Gasteiger partial charge on any atom is -0.383 e. The summed E-state index contributed by atoms with van der Waals surface area (Å²) in [5.74, 6) is 0.0984. The van der Waals surface area contributed by atoms with Crippen molar-refractivity contribution in [3.8, 4) is 11.1 Å². The summed E-state index contributed by atoms with van der Waals surface area (Å²) in [6.07, 6.45) is 0.667. The van der Waals surface area contributed by atoms with Gasteiger partial charge in [-0.3, -0.25) is 4.79 Å². The van der Waals surface area contributed by atoms with Crippen LogP contribution in [0.1, 0.15) is 24.3 Å². The number of hydrogen-bond donors (Lipinski definition) is 1. The maximum Gasteiger partial charge on any atom is 0.245 e. The molecule has 2 N–H and O–H groups in total. The number of hydrogen-bond acceptors (Lipinski definition) is 3. The predicted molar refractivity (Wildman–Crippen MR) is 77.8 cm³/mol. The van der Waals surface area contributed by atoms with Gasteiger partial charge in [0.25, 0.3) is 0 Å². The zero-order valence-electron chi connectivity index (χ0n) is 10.6. The van der Waals surface area contributed by atoms with Gasteiger partial charge in [0.1, 0.15) is 5.82 Å². The Labute approximate surface area is 121 Å². The molecule has 1 aromatic carbocycles. The van der Waals surface area contributed by atoms with Crippen LogP contribution in [0.5, 0.6) is 0 Å². The van der Waals surface area contributed by atoms with E-state index in [4.69, 9.17) is 28.9 Å². The van der Waals surface area contributed by atoms with Gasteiger partial charge in [-0.2, -0.15) is 9.78 Å². The Bertz CT molecular complexity index is 650. The summed E-state index contributed by atoms with van der Waals surface area (Å²) in [6.45, 7) is 3.37. The van der Waals surface area contributed by atoms with Crippen LogP contribution in [0, 0.1) is 0 Å². The smallest absolute Gasteiger partial charge is 0.245 e. The minimum atomic E-state index is -0.224. The molecule has 100 valence electrons. The summed E-state index contributed by atoms with van der Waals surface area (Å²) in [4.78, 5) is 11.5. The van der Waals surface area contributed by atoms with Crippen LogP contribution in [0.2, 0.25) is 10.0 Å². The molecule has 0 aliphatic heterocycles. The van der Waals surface area contributed by atoms with Crippen molar-refractivity contribution < 1.29 is 4.79 Å². The van der Waals surface area contributed by atoms with Crippen LogP contribution in [0.25, 0.3) is 11.1 Å². The molecule has 4 nitrogen and oxygen atoms in total. The van der Waals surface area contributed by atoms with Gasteiger partial charge in [0.15, 0.2) is 0 Å². The van der Waals surface area contributed by atoms with Crippen molar-refractivity contribution in [2.45, 2.75) is 20.3 Å². The molecule has 1 heterocycles. The molecule has 1 aromatic heterocycles. The summed E-state index contributed by atoms with van der Waals surface area (Å²) in [5, 5.41) is 5.14. The highest BCUT2D eigenvalue weighted by Crippen LogP contribution is 2.34. The zero-order valence-corrected chi connectivity index (χ0v) is 12.1. The Morgan fingerprint density at radius 1 is 1.37 bits per heavy atom. The molecule has 0 aliphatic rings.